The standard InChI is InChI=1S/C16H21N5O/c1-12(17)7-8-15(22)20-9-10-21-14(11-20)18-19-16(21)13-5-3-2-4-6-13/h2-6,12H,7-11,17H2,1H3. The summed E-state index contributed by atoms with van der Waals surface area (Å²) in [5.74, 6) is 1.87. The van der Waals surface area contributed by atoms with Gasteiger partial charge in [0.25, 0.3) is 0 Å². The molecule has 116 valence electrons. The highest BCUT2D eigenvalue weighted by Crippen LogP contribution is 2.21. The third kappa shape index (κ3) is 3.01. The number of fused-ring (bicyclic) bond motifs is 1. The van der Waals surface area contributed by atoms with Gasteiger partial charge < -0.3 is 15.2 Å². The predicted octanol–water partition coefficient (Wildman–Crippen LogP) is 1.41. The summed E-state index contributed by atoms with van der Waals surface area (Å²) >= 11 is 0. The van der Waals surface area contributed by atoms with Gasteiger partial charge in [-0.15, -0.1) is 10.2 Å². The van der Waals surface area contributed by atoms with Crippen LogP contribution in [-0.2, 0) is 17.9 Å². The second-order valence-corrected chi connectivity index (χ2v) is 5.79. The Balaban J connectivity index is 1.73. The van der Waals surface area contributed by atoms with Gasteiger partial charge in [0, 0.05) is 31.1 Å². The summed E-state index contributed by atoms with van der Waals surface area (Å²) in [6, 6.07) is 10.1. The van der Waals surface area contributed by atoms with Crippen molar-refractivity contribution in [2.45, 2.75) is 38.9 Å². The number of nitrogens with two attached hydrogens (primary N) is 1. The van der Waals surface area contributed by atoms with Crippen molar-refractivity contribution >= 4 is 5.91 Å². The number of nitrogens with zero attached hydrogens (tertiary/aromatic N) is 4. The molecule has 0 saturated heterocycles. The molecule has 1 aromatic carbocycles. The zero-order valence-corrected chi connectivity index (χ0v) is 12.8. The van der Waals surface area contributed by atoms with Gasteiger partial charge in [-0.05, 0) is 13.3 Å². The number of rotatable bonds is 4. The van der Waals surface area contributed by atoms with Crippen molar-refractivity contribution in [2.24, 2.45) is 5.73 Å². The molecule has 1 amide bonds. The first kappa shape index (κ1) is 14.7. The lowest BCUT2D eigenvalue weighted by Crippen LogP contribution is -2.39. The largest absolute Gasteiger partial charge is 0.333 e. The van der Waals surface area contributed by atoms with Crippen molar-refractivity contribution in [3.05, 3.63) is 36.2 Å². The fraction of sp³-hybridized carbons (Fsp3) is 0.438. The van der Waals surface area contributed by atoms with Crippen LogP contribution in [-0.4, -0.2) is 38.2 Å². The van der Waals surface area contributed by atoms with Crippen LogP contribution >= 0.6 is 0 Å². The Morgan fingerprint density at radius 2 is 2.05 bits per heavy atom. The van der Waals surface area contributed by atoms with E-state index in [1.54, 1.807) is 0 Å². The molecule has 1 unspecified atom stereocenters. The van der Waals surface area contributed by atoms with Gasteiger partial charge in [0.2, 0.25) is 5.91 Å². The van der Waals surface area contributed by atoms with Gasteiger partial charge in [0.1, 0.15) is 0 Å². The van der Waals surface area contributed by atoms with Crippen LogP contribution in [0.3, 0.4) is 0 Å². The minimum Gasteiger partial charge on any atom is -0.333 e. The Morgan fingerprint density at radius 1 is 1.27 bits per heavy atom. The van der Waals surface area contributed by atoms with Crippen molar-refractivity contribution in [1.29, 1.82) is 0 Å². The molecule has 2 heterocycles. The summed E-state index contributed by atoms with van der Waals surface area (Å²) in [5, 5.41) is 8.55. The molecule has 6 nitrogen and oxygen atoms in total. The summed E-state index contributed by atoms with van der Waals surface area (Å²) in [7, 11) is 0. The van der Waals surface area contributed by atoms with E-state index in [9.17, 15) is 4.79 Å². The maximum absolute atomic E-state index is 12.2. The summed E-state index contributed by atoms with van der Waals surface area (Å²) in [6.45, 7) is 3.88. The average Bonchev–Trinajstić information content (AvgIpc) is 2.96. The van der Waals surface area contributed by atoms with Crippen molar-refractivity contribution in [2.75, 3.05) is 6.54 Å². The molecule has 1 aromatic heterocycles. The Kier molecular flexibility index (Phi) is 4.20. The van der Waals surface area contributed by atoms with Crippen LogP contribution in [0.5, 0.6) is 0 Å². The molecule has 1 atom stereocenters. The third-order valence-corrected chi connectivity index (χ3v) is 3.95. The molecule has 22 heavy (non-hydrogen) atoms. The second kappa shape index (κ2) is 6.27. The molecule has 0 saturated carbocycles. The SMILES string of the molecule is CC(N)CCC(=O)N1CCn2c(nnc2-c2ccccc2)C1. The van der Waals surface area contributed by atoms with Crippen LogP contribution in [0.2, 0.25) is 0 Å². The molecule has 0 fully saturated rings. The smallest absolute Gasteiger partial charge is 0.223 e. The lowest BCUT2D eigenvalue weighted by atomic mass is 10.1. The van der Waals surface area contributed by atoms with Gasteiger partial charge >= 0.3 is 0 Å². The van der Waals surface area contributed by atoms with Crippen LogP contribution in [0.15, 0.2) is 30.3 Å². The van der Waals surface area contributed by atoms with Crippen molar-refractivity contribution in [1.82, 2.24) is 19.7 Å². The van der Waals surface area contributed by atoms with Gasteiger partial charge in [0.15, 0.2) is 11.6 Å². The number of benzene rings is 1. The van der Waals surface area contributed by atoms with Crippen LogP contribution in [0.4, 0.5) is 0 Å². The van der Waals surface area contributed by atoms with Gasteiger partial charge in [-0.1, -0.05) is 30.3 Å². The molecule has 0 aliphatic carbocycles. The number of carbonyl (C=O) groups is 1. The van der Waals surface area contributed by atoms with E-state index in [-0.39, 0.29) is 11.9 Å². The highest BCUT2D eigenvalue weighted by atomic mass is 16.2. The van der Waals surface area contributed by atoms with E-state index in [1.165, 1.54) is 0 Å². The lowest BCUT2D eigenvalue weighted by molar-refractivity contribution is -0.132. The highest BCUT2D eigenvalue weighted by Gasteiger charge is 2.24. The van der Waals surface area contributed by atoms with Gasteiger partial charge in [-0.3, -0.25) is 4.79 Å². The Hall–Kier alpha value is -2.21. The molecule has 6 heteroatoms. The first-order chi connectivity index (χ1) is 10.6. The molecule has 0 spiro atoms. The second-order valence-electron chi connectivity index (χ2n) is 5.79. The maximum Gasteiger partial charge on any atom is 0.223 e. The Labute approximate surface area is 129 Å². The van der Waals surface area contributed by atoms with E-state index in [0.717, 1.165) is 30.2 Å². The van der Waals surface area contributed by atoms with Crippen LogP contribution < -0.4 is 5.73 Å². The van der Waals surface area contributed by atoms with Crippen LogP contribution in [0.1, 0.15) is 25.6 Å². The Bertz CT molecular complexity index is 650. The first-order valence-electron chi connectivity index (χ1n) is 7.66. The number of aromatic nitrogens is 3. The van der Waals surface area contributed by atoms with E-state index in [4.69, 9.17) is 5.73 Å². The zero-order valence-electron chi connectivity index (χ0n) is 12.8. The van der Waals surface area contributed by atoms with E-state index < -0.39 is 0 Å². The molecule has 3 rings (SSSR count). The molecule has 1 aliphatic heterocycles. The fourth-order valence-electron chi connectivity index (χ4n) is 2.68. The van der Waals surface area contributed by atoms with Gasteiger partial charge in [-0.25, -0.2) is 0 Å². The monoisotopic (exact) mass is 299 g/mol. The lowest BCUT2D eigenvalue weighted by Gasteiger charge is -2.28. The van der Waals surface area contributed by atoms with Crippen LogP contribution in [0.25, 0.3) is 11.4 Å². The molecule has 0 radical (unpaired) electrons. The molecule has 2 N–H and O–H groups in total. The van der Waals surface area contributed by atoms with E-state index >= 15 is 0 Å². The summed E-state index contributed by atoms with van der Waals surface area (Å²) < 4.78 is 2.10. The number of hydrogen-bond acceptors (Lipinski definition) is 4. The van der Waals surface area contributed by atoms with Crippen LogP contribution in [0, 0.1) is 0 Å². The maximum atomic E-state index is 12.2. The van der Waals surface area contributed by atoms with E-state index in [1.807, 2.05) is 42.2 Å². The summed E-state index contributed by atoms with van der Waals surface area (Å²) in [5.41, 5.74) is 6.77. The topological polar surface area (TPSA) is 77.0 Å². The highest BCUT2D eigenvalue weighted by molar-refractivity contribution is 5.76. The Morgan fingerprint density at radius 3 is 2.77 bits per heavy atom. The van der Waals surface area contributed by atoms with E-state index in [0.29, 0.717) is 19.5 Å². The third-order valence-electron chi connectivity index (χ3n) is 3.95. The minimum atomic E-state index is 0.0575. The van der Waals surface area contributed by atoms with Crippen molar-refractivity contribution in [3.63, 3.8) is 0 Å². The fourth-order valence-corrected chi connectivity index (χ4v) is 2.68. The molecular formula is C16H21N5O. The van der Waals surface area contributed by atoms with Crippen molar-refractivity contribution in [3.8, 4) is 11.4 Å². The van der Waals surface area contributed by atoms with Gasteiger partial charge in [0.05, 0.1) is 6.54 Å². The summed E-state index contributed by atoms with van der Waals surface area (Å²) in [4.78, 5) is 14.1. The quantitative estimate of drug-likeness (QED) is 0.926. The average molecular weight is 299 g/mol. The molecule has 2 aromatic rings. The first-order valence-corrected chi connectivity index (χ1v) is 7.66. The molecule has 1 aliphatic rings. The summed E-state index contributed by atoms with van der Waals surface area (Å²) in [6.07, 6.45) is 1.22. The number of amides is 1. The minimum absolute atomic E-state index is 0.0575. The predicted molar refractivity (Wildman–Crippen MR) is 83.8 cm³/mol. The number of hydrogen-bond donors (Lipinski definition) is 1. The molecular weight excluding hydrogens is 278 g/mol. The van der Waals surface area contributed by atoms with Crippen molar-refractivity contribution < 1.29 is 4.79 Å². The molecule has 0 bridgehead atoms. The van der Waals surface area contributed by atoms with E-state index in [2.05, 4.69) is 14.8 Å². The number of carbonyl (C=O) groups excluding carboxylic acids is 1. The zero-order chi connectivity index (χ0) is 15.5. The normalized spacial score (nSPS) is 15.5. The van der Waals surface area contributed by atoms with Gasteiger partial charge in [-0.2, -0.15) is 0 Å².